The molecule has 0 spiro atoms. The highest BCUT2D eigenvalue weighted by atomic mass is 35.5. The normalized spacial score (nSPS) is 11.9. The minimum Gasteiger partial charge on any atom is -0.493 e. The van der Waals surface area contributed by atoms with Crippen molar-refractivity contribution >= 4 is 23.2 Å². The molecule has 2 aromatic carbocycles. The van der Waals surface area contributed by atoms with Crippen LogP contribution in [0.1, 0.15) is 12.5 Å². The van der Waals surface area contributed by atoms with Gasteiger partial charge in [-0.05, 0) is 49.9 Å². The maximum atomic E-state index is 12.4. The molecule has 134 valence electrons. The van der Waals surface area contributed by atoms with Crippen molar-refractivity contribution in [2.75, 3.05) is 26.6 Å². The first kappa shape index (κ1) is 19.1. The molecule has 1 N–H and O–H groups in total. The summed E-state index contributed by atoms with van der Waals surface area (Å²) in [5, 5.41) is 3.47. The van der Waals surface area contributed by atoms with Crippen molar-refractivity contribution in [2.45, 2.75) is 19.5 Å². The molecule has 25 heavy (non-hydrogen) atoms. The van der Waals surface area contributed by atoms with Crippen molar-refractivity contribution in [1.82, 2.24) is 4.90 Å². The number of nitrogens with zero attached hydrogens (tertiary/aromatic N) is 1. The van der Waals surface area contributed by atoms with Gasteiger partial charge in [0.2, 0.25) is 5.91 Å². The van der Waals surface area contributed by atoms with E-state index in [4.69, 9.17) is 21.1 Å². The fourth-order valence-corrected chi connectivity index (χ4v) is 2.61. The van der Waals surface area contributed by atoms with Gasteiger partial charge in [-0.25, -0.2) is 0 Å². The summed E-state index contributed by atoms with van der Waals surface area (Å²) in [4.78, 5) is 14.4. The zero-order valence-corrected chi connectivity index (χ0v) is 15.6. The first-order chi connectivity index (χ1) is 11.9. The highest BCUT2D eigenvalue weighted by Crippen LogP contribution is 2.28. The van der Waals surface area contributed by atoms with Crippen LogP contribution in [0.4, 0.5) is 5.69 Å². The quantitative estimate of drug-likeness (QED) is 0.813. The Kier molecular flexibility index (Phi) is 6.67. The Morgan fingerprint density at radius 3 is 2.52 bits per heavy atom. The van der Waals surface area contributed by atoms with E-state index >= 15 is 0 Å². The Balaban J connectivity index is 2.01. The number of likely N-dealkylation sites (N-methyl/N-ethyl adjacent to an activating group) is 1. The highest BCUT2D eigenvalue weighted by molar-refractivity contribution is 6.30. The van der Waals surface area contributed by atoms with Gasteiger partial charge in [-0.2, -0.15) is 0 Å². The van der Waals surface area contributed by atoms with Crippen LogP contribution in [-0.2, 0) is 11.3 Å². The summed E-state index contributed by atoms with van der Waals surface area (Å²) in [5.74, 6) is 1.26. The third-order valence-electron chi connectivity index (χ3n) is 4.01. The van der Waals surface area contributed by atoms with E-state index in [1.165, 1.54) is 0 Å². The van der Waals surface area contributed by atoms with E-state index in [1.807, 2.05) is 43.1 Å². The zero-order valence-electron chi connectivity index (χ0n) is 14.9. The largest absolute Gasteiger partial charge is 0.493 e. The van der Waals surface area contributed by atoms with Gasteiger partial charge >= 0.3 is 0 Å². The number of hydrogen-bond acceptors (Lipinski definition) is 4. The van der Waals surface area contributed by atoms with Crippen molar-refractivity contribution < 1.29 is 14.3 Å². The lowest BCUT2D eigenvalue weighted by Gasteiger charge is -2.24. The van der Waals surface area contributed by atoms with Crippen molar-refractivity contribution in [3.05, 3.63) is 53.1 Å². The number of amides is 1. The van der Waals surface area contributed by atoms with Crippen LogP contribution in [0.3, 0.4) is 0 Å². The van der Waals surface area contributed by atoms with Crippen molar-refractivity contribution in [3.8, 4) is 11.5 Å². The summed E-state index contributed by atoms with van der Waals surface area (Å²) >= 11 is 5.95. The van der Waals surface area contributed by atoms with Crippen molar-refractivity contribution in [1.29, 1.82) is 0 Å². The number of ether oxygens (including phenoxy) is 2. The summed E-state index contributed by atoms with van der Waals surface area (Å²) in [6, 6.07) is 12.5. The molecule has 5 nitrogen and oxygen atoms in total. The second-order valence-electron chi connectivity index (χ2n) is 5.78. The molecule has 1 atom stereocenters. The topological polar surface area (TPSA) is 50.8 Å². The van der Waals surface area contributed by atoms with Gasteiger partial charge in [0.15, 0.2) is 11.5 Å². The summed E-state index contributed by atoms with van der Waals surface area (Å²) in [6.45, 7) is 2.46. The van der Waals surface area contributed by atoms with E-state index in [-0.39, 0.29) is 11.9 Å². The van der Waals surface area contributed by atoms with Gasteiger partial charge in [-0.1, -0.05) is 23.7 Å². The average Bonchev–Trinajstić information content (AvgIpc) is 2.60. The summed E-state index contributed by atoms with van der Waals surface area (Å²) in [7, 11) is 5.11. The summed E-state index contributed by atoms with van der Waals surface area (Å²) in [6.07, 6.45) is 0. The van der Waals surface area contributed by atoms with E-state index in [2.05, 4.69) is 5.32 Å². The predicted octanol–water partition coefficient (Wildman–Crippen LogP) is 3.82. The Hall–Kier alpha value is -2.24. The molecule has 0 saturated carbocycles. The number of methoxy groups -OCH3 is 2. The Morgan fingerprint density at radius 1 is 1.16 bits per heavy atom. The van der Waals surface area contributed by atoms with Crippen LogP contribution in [0.2, 0.25) is 5.02 Å². The number of benzene rings is 2. The van der Waals surface area contributed by atoms with Gasteiger partial charge in [0.25, 0.3) is 0 Å². The Bertz CT molecular complexity index is 736. The number of nitrogens with one attached hydrogen (secondary N) is 1. The first-order valence-electron chi connectivity index (χ1n) is 7.92. The van der Waals surface area contributed by atoms with Crippen LogP contribution in [0, 0.1) is 0 Å². The molecule has 0 heterocycles. The van der Waals surface area contributed by atoms with E-state index in [0.717, 1.165) is 5.56 Å². The van der Waals surface area contributed by atoms with Gasteiger partial charge in [-0.3, -0.25) is 9.69 Å². The molecular weight excluding hydrogens is 340 g/mol. The molecule has 0 bridgehead atoms. The minimum absolute atomic E-state index is 0.0924. The molecule has 1 unspecified atom stereocenters. The molecule has 0 fully saturated rings. The second-order valence-corrected chi connectivity index (χ2v) is 6.22. The predicted molar refractivity (Wildman–Crippen MR) is 101 cm³/mol. The molecule has 2 rings (SSSR count). The maximum absolute atomic E-state index is 12.4. The highest BCUT2D eigenvalue weighted by Gasteiger charge is 2.19. The smallest absolute Gasteiger partial charge is 0.241 e. The number of halogens is 1. The fraction of sp³-hybridized carbons (Fsp3) is 0.316. The van der Waals surface area contributed by atoms with E-state index in [9.17, 15) is 4.79 Å². The lowest BCUT2D eigenvalue weighted by Crippen LogP contribution is -2.39. The maximum Gasteiger partial charge on any atom is 0.241 e. The molecule has 0 aliphatic rings. The van der Waals surface area contributed by atoms with E-state index in [0.29, 0.717) is 28.8 Å². The Morgan fingerprint density at radius 2 is 1.88 bits per heavy atom. The molecular formula is C19H23ClN2O3. The van der Waals surface area contributed by atoms with Crippen LogP contribution in [0.15, 0.2) is 42.5 Å². The molecule has 0 saturated heterocycles. The van der Waals surface area contributed by atoms with Gasteiger partial charge in [0, 0.05) is 17.3 Å². The molecule has 2 aromatic rings. The van der Waals surface area contributed by atoms with E-state index in [1.54, 1.807) is 32.4 Å². The van der Waals surface area contributed by atoms with Crippen LogP contribution < -0.4 is 14.8 Å². The van der Waals surface area contributed by atoms with Crippen LogP contribution in [-0.4, -0.2) is 38.1 Å². The summed E-state index contributed by atoms with van der Waals surface area (Å²) in [5.41, 5.74) is 1.71. The van der Waals surface area contributed by atoms with Gasteiger partial charge < -0.3 is 14.8 Å². The lowest BCUT2D eigenvalue weighted by molar-refractivity contribution is -0.120. The average molecular weight is 363 g/mol. The standard InChI is InChI=1S/C19H23ClN2O3/c1-13(19(23)21-16-7-5-6-15(20)11-16)22(2)12-14-8-9-17(24-3)18(10-14)25-4/h5-11,13H,12H2,1-4H3,(H,21,23). The Labute approximate surface area is 153 Å². The number of hydrogen-bond donors (Lipinski definition) is 1. The molecule has 0 aliphatic heterocycles. The van der Waals surface area contributed by atoms with Crippen LogP contribution >= 0.6 is 11.6 Å². The van der Waals surface area contributed by atoms with Crippen molar-refractivity contribution in [2.24, 2.45) is 0 Å². The fourth-order valence-electron chi connectivity index (χ4n) is 2.42. The molecule has 0 aromatic heterocycles. The molecule has 6 heteroatoms. The van der Waals surface area contributed by atoms with E-state index < -0.39 is 0 Å². The second kappa shape index (κ2) is 8.74. The third-order valence-corrected chi connectivity index (χ3v) is 4.25. The monoisotopic (exact) mass is 362 g/mol. The van der Waals surface area contributed by atoms with Gasteiger partial charge in [0.1, 0.15) is 0 Å². The zero-order chi connectivity index (χ0) is 18.4. The minimum atomic E-state index is -0.313. The number of carbonyl (C=O) groups is 1. The van der Waals surface area contributed by atoms with Crippen LogP contribution in [0.25, 0.3) is 0 Å². The van der Waals surface area contributed by atoms with Crippen LogP contribution in [0.5, 0.6) is 11.5 Å². The molecule has 0 aliphatic carbocycles. The third kappa shape index (κ3) is 5.11. The van der Waals surface area contributed by atoms with Gasteiger partial charge in [-0.15, -0.1) is 0 Å². The molecule has 0 radical (unpaired) electrons. The molecule has 1 amide bonds. The summed E-state index contributed by atoms with van der Waals surface area (Å²) < 4.78 is 10.6. The lowest BCUT2D eigenvalue weighted by atomic mass is 10.1. The van der Waals surface area contributed by atoms with Crippen molar-refractivity contribution in [3.63, 3.8) is 0 Å². The SMILES string of the molecule is COc1ccc(CN(C)C(C)C(=O)Nc2cccc(Cl)c2)cc1OC. The number of anilines is 1. The first-order valence-corrected chi connectivity index (χ1v) is 8.30. The number of carbonyl (C=O) groups excluding carboxylic acids is 1. The van der Waals surface area contributed by atoms with Gasteiger partial charge in [0.05, 0.1) is 20.3 Å². The number of rotatable bonds is 7.